The normalized spacial score (nSPS) is 15.7. The van der Waals surface area contributed by atoms with Gasteiger partial charge in [0.15, 0.2) is 0 Å². The maximum absolute atomic E-state index is 12.6. The second kappa shape index (κ2) is 10.1. The van der Waals surface area contributed by atoms with Crippen LogP contribution in [0.25, 0.3) is 0 Å². The highest BCUT2D eigenvalue weighted by Gasteiger charge is 2.29. The summed E-state index contributed by atoms with van der Waals surface area (Å²) in [5.41, 5.74) is 2.36. The molecule has 0 radical (unpaired) electrons. The number of rotatable bonds is 10. The molecule has 0 amide bonds. The van der Waals surface area contributed by atoms with Gasteiger partial charge in [-0.3, -0.25) is 4.79 Å². The van der Waals surface area contributed by atoms with Crippen molar-refractivity contribution in [1.82, 2.24) is 0 Å². The van der Waals surface area contributed by atoms with Crippen molar-refractivity contribution in [3.05, 3.63) is 24.3 Å². The van der Waals surface area contributed by atoms with Gasteiger partial charge in [-0.2, -0.15) is 0 Å². The molecular formula is C22H40O2. The van der Waals surface area contributed by atoms with Crippen molar-refractivity contribution in [2.24, 2.45) is 23.2 Å². The lowest BCUT2D eigenvalue weighted by Gasteiger charge is -2.31. The molecule has 0 bridgehead atoms. The number of carbonyl (C=O) groups is 1. The summed E-state index contributed by atoms with van der Waals surface area (Å²) < 4.78 is 5.89. The average Bonchev–Trinajstić information content (AvgIpc) is 2.43. The van der Waals surface area contributed by atoms with Crippen LogP contribution in [0, 0.1) is 23.2 Å². The summed E-state index contributed by atoms with van der Waals surface area (Å²) in [6.07, 6.45) is 3.49. The molecule has 0 aromatic carbocycles. The van der Waals surface area contributed by atoms with Gasteiger partial charge in [-0.15, -0.1) is 0 Å². The standard InChI is InChI=1S/C22H40O2/c1-11-19(17(6)14-22(8,9)10)20(12-2)24-21(23)18(7)16(5)13-15(3)4/h15,18-20H,5-6,11-14H2,1-4,7-10H3. The number of esters is 1. The zero-order valence-corrected chi connectivity index (χ0v) is 17.4. The predicted octanol–water partition coefficient (Wildman–Crippen LogP) is 6.57. The minimum Gasteiger partial charge on any atom is -0.461 e. The zero-order chi connectivity index (χ0) is 19.1. The monoisotopic (exact) mass is 336 g/mol. The van der Waals surface area contributed by atoms with Gasteiger partial charge in [0.05, 0.1) is 5.92 Å². The Bertz CT molecular complexity index is 426. The first-order valence-corrected chi connectivity index (χ1v) is 9.48. The molecule has 0 saturated heterocycles. The van der Waals surface area contributed by atoms with Crippen molar-refractivity contribution in [2.45, 2.75) is 87.2 Å². The molecule has 0 aromatic rings. The Morgan fingerprint density at radius 2 is 1.54 bits per heavy atom. The van der Waals surface area contributed by atoms with E-state index < -0.39 is 0 Å². The van der Waals surface area contributed by atoms with Crippen LogP contribution in [0.1, 0.15) is 81.1 Å². The van der Waals surface area contributed by atoms with Crippen molar-refractivity contribution >= 4 is 5.97 Å². The maximum atomic E-state index is 12.6. The van der Waals surface area contributed by atoms with Crippen LogP contribution in [0.2, 0.25) is 0 Å². The van der Waals surface area contributed by atoms with Crippen LogP contribution in [0.5, 0.6) is 0 Å². The molecule has 0 spiro atoms. The molecule has 2 heteroatoms. The molecule has 0 aromatic heterocycles. The largest absolute Gasteiger partial charge is 0.461 e. The summed E-state index contributed by atoms with van der Waals surface area (Å²) in [5, 5.41) is 0. The molecule has 0 aliphatic carbocycles. The van der Waals surface area contributed by atoms with E-state index in [1.165, 1.54) is 5.57 Å². The molecule has 0 aliphatic heterocycles. The first-order chi connectivity index (χ1) is 10.9. The topological polar surface area (TPSA) is 26.3 Å². The highest BCUT2D eigenvalue weighted by Crippen LogP contribution is 2.33. The lowest BCUT2D eigenvalue weighted by Crippen LogP contribution is -2.31. The molecule has 0 N–H and O–H groups in total. The minimum atomic E-state index is -0.241. The summed E-state index contributed by atoms with van der Waals surface area (Å²) in [6, 6.07) is 0. The Kier molecular flexibility index (Phi) is 9.62. The highest BCUT2D eigenvalue weighted by atomic mass is 16.5. The lowest BCUT2D eigenvalue weighted by molar-refractivity contribution is -0.154. The molecule has 140 valence electrons. The second-order valence-electron chi connectivity index (χ2n) is 8.77. The van der Waals surface area contributed by atoms with Crippen molar-refractivity contribution in [2.75, 3.05) is 0 Å². The first-order valence-electron chi connectivity index (χ1n) is 9.48. The summed E-state index contributed by atoms with van der Waals surface area (Å²) in [6.45, 7) is 25.5. The van der Waals surface area contributed by atoms with Crippen molar-refractivity contribution in [3.63, 3.8) is 0 Å². The van der Waals surface area contributed by atoms with Crippen LogP contribution >= 0.6 is 0 Å². The van der Waals surface area contributed by atoms with Gasteiger partial charge in [0.2, 0.25) is 0 Å². The fourth-order valence-electron chi connectivity index (χ4n) is 3.20. The fourth-order valence-corrected chi connectivity index (χ4v) is 3.20. The first kappa shape index (κ1) is 22.9. The van der Waals surface area contributed by atoms with Gasteiger partial charge in [-0.05, 0) is 43.9 Å². The molecule has 0 rings (SSSR count). The molecule has 0 heterocycles. The van der Waals surface area contributed by atoms with Crippen molar-refractivity contribution < 1.29 is 9.53 Å². The van der Waals surface area contributed by atoms with E-state index in [4.69, 9.17) is 4.74 Å². The van der Waals surface area contributed by atoms with Gasteiger partial charge < -0.3 is 4.74 Å². The predicted molar refractivity (Wildman–Crippen MR) is 105 cm³/mol. The van der Waals surface area contributed by atoms with E-state index in [2.05, 4.69) is 61.6 Å². The Morgan fingerprint density at radius 1 is 1.00 bits per heavy atom. The van der Waals surface area contributed by atoms with Crippen molar-refractivity contribution in [1.29, 1.82) is 0 Å². The number of carbonyl (C=O) groups excluding carboxylic acids is 1. The Morgan fingerprint density at radius 3 is 1.92 bits per heavy atom. The molecule has 24 heavy (non-hydrogen) atoms. The molecule has 0 fully saturated rings. The fraction of sp³-hybridized carbons (Fsp3) is 0.773. The minimum absolute atomic E-state index is 0.0911. The summed E-state index contributed by atoms with van der Waals surface area (Å²) >= 11 is 0. The third kappa shape index (κ3) is 8.17. The van der Waals surface area contributed by atoms with E-state index in [9.17, 15) is 4.79 Å². The van der Waals surface area contributed by atoms with Crippen LogP contribution in [0.4, 0.5) is 0 Å². The maximum Gasteiger partial charge on any atom is 0.313 e. The molecule has 2 nitrogen and oxygen atoms in total. The van der Waals surface area contributed by atoms with Gasteiger partial charge in [0, 0.05) is 5.92 Å². The van der Waals surface area contributed by atoms with E-state index >= 15 is 0 Å². The van der Waals surface area contributed by atoms with E-state index in [-0.39, 0.29) is 29.3 Å². The number of hydrogen-bond donors (Lipinski definition) is 0. The van der Waals surface area contributed by atoms with E-state index in [0.29, 0.717) is 5.92 Å². The Balaban J connectivity index is 4.96. The van der Waals surface area contributed by atoms with Gasteiger partial charge in [0.1, 0.15) is 6.10 Å². The van der Waals surface area contributed by atoms with Gasteiger partial charge >= 0.3 is 5.97 Å². The van der Waals surface area contributed by atoms with Gasteiger partial charge in [-0.25, -0.2) is 0 Å². The van der Waals surface area contributed by atoms with E-state index in [0.717, 1.165) is 31.3 Å². The smallest absolute Gasteiger partial charge is 0.313 e. The SMILES string of the molecule is C=C(CC(C)C)C(C)C(=O)OC(CC)C(CC)C(=C)CC(C)(C)C. The van der Waals surface area contributed by atoms with Crippen LogP contribution in [-0.2, 0) is 9.53 Å². The third-order valence-electron chi connectivity index (χ3n) is 4.48. The van der Waals surface area contributed by atoms with Crippen molar-refractivity contribution in [3.8, 4) is 0 Å². The number of ether oxygens (including phenoxy) is 1. The summed E-state index contributed by atoms with van der Waals surface area (Å²) in [7, 11) is 0. The van der Waals surface area contributed by atoms with Crippen LogP contribution in [0.15, 0.2) is 24.3 Å². The summed E-state index contributed by atoms with van der Waals surface area (Å²) in [4.78, 5) is 12.6. The van der Waals surface area contributed by atoms with Gasteiger partial charge in [-0.1, -0.05) is 72.8 Å². The highest BCUT2D eigenvalue weighted by molar-refractivity contribution is 5.75. The number of hydrogen-bond acceptors (Lipinski definition) is 2. The molecule has 3 atom stereocenters. The van der Waals surface area contributed by atoms with Crippen LogP contribution < -0.4 is 0 Å². The second-order valence-corrected chi connectivity index (χ2v) is 8.77. The average molecular weight is 337 g/mol. The lowest BCUT2D eigenvalue weighted by atomic mass is 9.80. The zero-order valence-electron chi connectivity index (χ0n) is 17.4. The van der Waals surface area contributed by atoms with Gasteiger partial charge in [0.25, 0.3) is 0 Å². The third-order valence-corrected chi connectivity index (χ3v) is 4.48. The van der Waals surface area contributed by atoms with Crippen LogP contribution in [-0.4, -0.2) is 12.1 Å². The quantitative estimate of drug-likeness (QED) is 0.333. The van der Waals surface area contributed by atoms with E-state index in [1.54, 1.807) is 0 Å². The Labute approximate surface area is 150 Å². The molecule has 3 unspecified atom stereocenters. The molecule has 0 aliphatic rings. The van der Waals surface area contributed by atoms with E-state index in [1.807, 2.05) is 6.92 Å². The molecule has 0 saturated carbocycles. The molecular weight excluding hydrogens is 296 g/mol. The summed E-state index contributed by atoms with van der Waals surface area (Å²) in [5.74, 6) is 0.345. The Hall–Kier alpha value is -1.05. The van der Waals surface area contributed by atoms with Crippen LogP contribution in [0.3, 0.4) is 0 Å².